The highest BCUT2D eigenvalue weighted by Crippen LogP contribution is 2.23. The van der Waals surface area contributed by atoms with Crippen LogP contribution in [0.2, 0.25) is 0 Å². The average molecular weight is 535 g/mol. The third-order valence-corrected chi connectivity index (χ3v) is 6.95. The number of para-hydroxylation sites is 1. The van der Waals surface area contributed by atoms with Gasteiger partial charge in [0.25, 0.3) is 11.5 Å². The molecule has 2 aromatic carbocycles. The number of anilines is 1. The molecule has 192 valence electrons. The summed E-state index contributed by atoms with van der Waals surface area (Å²) >= 11 is 1.51. The highest BCUT2D eigenvalue weighted by atomic mass is 32.1. The molecule has 0 aliphatic rings. The number of fused-ring (bicyclic) bond motifs is 2. The zero-order valence-electron chi connectivity index (χ0n) is 20.7. The summed E-state index contributed by atoms with van der Waals surface area (Å²) < 4.78 is 2.98. The van der Waals surface area contributed by atoms with Gasteiger partial charge in [0.2, 0.25) is 0 Å². The zero-order valence-corrected chi connectivity index (χ0v) is 21.5. The van der Waals surface area contributed by atoms with Crippen LogP contribution in [-0.4, -0.2) is 35.0 Å². The van der Waals surface area contributed by atoms with E-state index < -0.39 is 11.9 Å². The minimum atomic E-state index is -0.664. The van der Waals surface area contributed by atoms with Crippen LogP contribution in [0.1, 0.15) is 39.7 Å². The molecule has 0 aliphatic heterocycles. The fourth-order valence-electron chi connectivity index (χ4n) is 4.46. The van der Waals surface area contributed by atoms with E-state index in [2.05, 4.69) is 20.4 Å². The van der Waals surface area contributed by atoms with E-state index in [9.17, 15) is 9.59 Å². The number of hydrogen-bond acceptors (Lipinski definition) is 8. The molecule has 0 spiro atoms. The Morgan fingerprint density at radius 2 is 1.90 bits per heavy atom. The lowest BCUT2D eigenvalue weighted by Crippen LogP contribution is -2.33. The van der Waals surface area contributed by atoms with Crippen LogP contribution in [0, 0.1) is 0 Å². The Hall–Kier alpha value is -5.16. The summed E-state index contributed by atoms with van der Waals surface area (Å²) in [6, 6.07) is 15.8. The summed E-state index contributed by atoms with van der Waals surface area (Å²) in [5.41, 5.74) is 8.16. The molecule has 6 rings (SSSR count). The van der Waals surface area contributed by atoms with Gasteiger partial charge in [-0.05, 0) is 42.8 Å². The van der Waals surface area contributed by atoms with Gasteiger partial charge >= 0.3 is 0 Å². The molecule has 39 heavy (non-hydrogen) atoms. The van der Waals surface area contributed by atoms with E-state index in [1.165, 1.54) is 20.4 Å². The van der Waals surface area contributed by atoms with E-state index in [1.54, 1.807) is 37.6 Å². The molecule has 1 amide bonds. The molecule has 0 unspecified atom stereocenters. The quantitative estimate of drug-likeness (QED) is 0.328. The van der Waals surface area contributed by atoms with Crippen molar-refractivity contribution in [3.05, 3.63) is 111 Å². The van der Waals surface area contributed by atoms with Crippen LogP contribution in [0.15, 0.2) is 83.4 Å². The first kappa shape index (κ1) is 24.2. The highest BCUT2D eigenvalue weighted by molar-refractivity contribution is 7.10. The average Bonchev–Trinajstić information content (AvgIpc) is 3.59. The van der Waals surface area contributed by atoms with Crippen LogP contribution in [0.5, 0.6) is 0 Å². The standard InChI is InChI=1S/C28H22N8O2S/c1-17(32-27(37)23-24(29)34-35-15-6-13-31-26(23)35)25-33-20-10-5-7-18(11-12-21-30-14-16-39-21)22(20)28(38)36(25)19-8-3-2-4-9-19/h2-17H,1H3,(H2,29,34)(H,32,37)/b12-11+/t17-/m1/s1. The molecule has 0 fully saturated rings. The van der Waals surface area contributed by atoms with Crippen molar-refractivity contribution < 1.29 is 4.79 Å². The molecule has 1 atom stereocenters. The van der Waals surface area contributed by atoms with Crippen LogP contribution < -0.4 is 16.6 Å². The SMILES string of the molecule is C[C@@H](NC(=O)c1c(N)nn2cccnc12)c1nc2cccc(/C=C/c3nccs3)c2c(=O)n1-c1ccccc1. The van der Waals surface area contributed by atoms with Gasteiger partial charge in [0.05, 0.1) is 22.6 Å². The minimum Gasteiger partial charge on any atom is -0.381 e. The van der Waals surface area contributed by atoms with E-state index in [0.717, 1.165) is 10.6 Å². The predicted molar refractivity (Wildman–Crippen MR) is 152 cm³/mol. The number of amides is 1. The van der Waals surface area contributed by atoms with Crippen LogP contribution >= 0.6 is 11.3 Å². The maximum Gasteiger partial charge on any atom is 0.266 e. The number of hydrogen-bond donors (Lipinski definition) is 2. The second kappa shape index (κ2) is 9.95. The maximum atomic E-state index is 14.1. The molecular formula is C28H22N8O2S. The Kier molecular flexibility index (Phi) is 6.17. The van der Waals surface area contributed by atoms with E-state index in [0.29, 0.717) is 28.1 Å². The number of carbonyl (C=O) groups excluding carboxylic acids is 1. The van der Waals surface area contributed by atoms with Gasteiger partial charge in [0.1, 0.15) is 16.4 Å². The monoisotopic (exact) mass is 534 g/mol. The highest BCUT2D eigenvalue weighted by Gasteiger charge is 2.24. The van der Waals surface area contributed by atoms with Crippen LogP contribution in [0.4, 0.5) is 5.82 Å². The Balaban J connectivity index is 1.47. The molecule has 4 heterocycles. The minimum absolute atomic E-state index is 0.0574. The molecule has 11 heteroatoms. The molecule has 0 radical (unpaired) electrons. The van der Waals surface area contributed by atoms with Gasteiger partial charge in [-0.2, -0.15) is 0 Å². The second-order valence-corrected chi connectivity index (χ2v) is 9.66. The summed E-state index contributed by atoms with van der Waals surface area (Å²) in [4.78, 5) is 40.9. The third kappa shape index (κ3) is 4.44. The largest absolute Gasteiger partial charge is 0.381 e. The Morgan fingerprint density at radius 3 is 2.69 bits per heavy atom. The third-order valence-electron chi connectivity index (χ3n) is 6.21. The topological polar surface area (TPSA) is 133 Å². The molecule has 3 N–H and O–H groups in total. The fraction of sp³-hybridized carbons (Fsp3) is 0.0714. The Bertz CT molecular complexity index is 1910. The summed E-state index contributed by atoms with van der Waals surface area (Å²) in [6.07, 6.45) is 8.70. The van der Waals surface area contributed by atoms with Gasteiger partial charge in [-0.25, -0.2) is 19.5 Å². The van der Waals surface area contributed by atoms with Gasteiger partial charge in [0.15, 0.2) is 11.5 Å². The van der Waals surface area contributed by atoms with Gasteiger partial charge in [-0.3, -0.25) is 14.2 Å². The van der Waals surface area contributed by atoms with Crippen LogP contribution in [0.25, 0.3) is 34.4 Å². The molecule has 0 aliphatic carbocycles. The van der Waals surface area contributed by atoms with Crippen LogP contribution in [0.3, 0.4) is 0 Å². The zero-order chi connectivity index (χ0) is 26.9. The lowest BCUT2D eigenvalue weighted by molar-refractivity contribution is 0.0940. The lowest BCUT2D eigenvalue weighted by atomic mass is 10.1. The molecule has 0 saturated carbocycles. The maximum absolute atomic E-state index is 14.1. The van der Waals surface area contributed by atoms with Crippen molar-refractivity contribution in [3.63, 3.8) is 0 Å². The van der Waals surface area contributed by atoms with E-state index in [-0.39, 0.29) is 16.9 Å². The normalized spacial score (nSPS) is 12.3. The first-order valence-corrected chi connectivity index (χ1v) is 13.0. The fourth-order valence-corrected chi connectivity index (χ4v) is 4.99. The van der Waals surface area contributed by atoms with Crippen molar-refractivity contribution in [2.45, 2.75) is 13.0 Å². The van der Waals surface area contributed by atoms with Gasteiger partial charge in [0, 0.05) is 24.0 Å². The molecule has 6 aromatic rings. The first-order valence-electron chi connectivity index (χ1n) is 12.1. The number of nitrogen functional groups attached to an aromatic ring is 1. The Morgan fingerprint density at radius 1 is 1.05 bits per heavy atom. The van der Waals surface area contributed by atoms with Gasteiger partial charge < -0.3 is 11.1 Å². The van der Waals surface area contributed by atoms with Crippen molar-refractivity contribution >= 4 is 51.8 Å². The van der Waals surface area contributed by atoms with Crippen molar-refractivity contribution in [1.82, 2.24) is 34.4 Å². The number of carbonyl (C=O) groups is 1. The lowest BCUT2D eigenvalue weighted by Gasteiger charge is -2.20. The van der Waals surface area contributed by atoms with E-state index in [4.69, 9.17) is 10.7 Å². The number of aromatic nitrogens is 6. The van der Waals surface area contributed by atoms with Crippen LogP contribution in [-0.2, 0) is 0 Å². The molecule has 4 aromatic heterocycles. The van der Waals surface area contributed by atoms with E-state index in [1.807, 2.05) is 60.0 Å². The van der Waals surface area contributed by atoms with Crippen molar-refractivity contribution in [3.8, 4) is 5.69 Å². The smallest absolute Gasteiger partial charge is 0.266 e. The van der Waals surface area contributed by atoms with Crippen molar-refractivity contribution in [2.75, 3.05) is 5.73 Å². The summed E-state index contributed by atoms with van der Waals surface area (Å²) in [7, 11) is 0. The number of nitrogens with zero attached hydrogens (tertiary/aromatic N) is 6. The number of nitrogens with two attached hydrogens (primary N) is 1. The number of benzene rings is 2. The second-order valence-electron chi connectivity index (χ2n) is 8.73. The predicted octanol–water partition coefficient (Wildman–Crippen LogP) is 4.13. The number of nitrogens with one attached hydrogen (secondary N) is 1. The number of thiazole rings is 1. The van der Waals surface area contributed by atoms with Crippen molar-refractivity contribution in [1.29, 1.82) is 0 Å². The number of rotatable bonds is 6. The van der Waals surface area contributed by atoms with Gasteiger partial charge in [-0.15, -0.1) is 16.4 Å². The van der Waals surface area contributed by atoms with E-state index >= 15 is 0 Å². The van der Waals surface area contributed by atoms with Gasteiger partial charge in [-0.1, -0.05) is 36.4 Å². The molecule has 0 saturated heterocycles. The Labute approximate surface area is 226 Å². The summed E-state index contributed by atoms with van der Waals surface area (Å²) in [5.74, 6) is -0.0409. The molecule has 10 nitrogen and oxygen atoms in total. The first-order chi connectivity index (χ1) is 19.0. The molecule has 0 bridgehead atoms. The summed E-state index contributed by atoms with van der Waals surface area (Å²) in [5, 5.41) is 10.3. The molecular weight excluding hydrogens is 512 g/mol. The van der Waals surface area contributed by atoms with Crippen molar-refractivity contribution in [2.24, 2.45) is 0 Å². The summed E-state index contributed by atoms with van der Waals surface area (Å²) in [6.45, 7) is 1.77.